The Balaban J connectivity index is 1.59. The van der Waals surface area contributed by atoms with Crippen molar-refractivity contribution in [2.75, 3.05) is 13.7 Å². The third-order valence-electron chi connectivity index (χ3n) is 4.93. The van der Waals surface area contributed by atoms with Crippen LogP contribution in [-0.4, -0.2) is 30.2 Å². The minimum absolute atomic E-state index is 0.103. The zero-order chi connectivity index (χ0) is 18.1. The van der Waals surface area contributed by atoms with E-state index in [0.717, 1.165) is 28.1 Å². The molecule has 0 aromatic heterocycles. The van der Waals surface area contributed by atoms with Gasteiger partial charge < -0.3 is 9.64 Å². The van der Waals surface area contributed by atoms with E-state index in [2.05, 4.69) is 0 Å². The molecule has 0 bridgehead atoms. The molecule has 2 aliphatic rings. The Bertz CT molecular complexity index is 942. The van der Waals surface area contributed by atoms with E-state index in [1.165, 1.54) is 0 Å². The van der Waals surface area contributed by atoms with E-state index in [4.69, 9.17) is 4.74 Å². The number of allylic oxidation sites excluding steroid dienone is 1. The first-order valence-corrected chi connectivity index (χ1v) is 8.66. The van der Waals surface area contributed by atoms with Crippen molar-refractivity contribution in [3.63, 3.8) is 0 Å². The summed E-state index contributed by atoms with van der Waals surface area (Å²) in [5.74, 6) is 0.552. The lowest BCUT2D eigenvalue weighted by molar-refractivity contribution is -0.123. The first-order valence-electron chi connectivity index (χ1n) is 8.66. The molecule has 2 aromatic rings. The van der Waals surface area contributed by atoms with Crippen molar-refractivity contribution in [3.05, 3.63) is 77.0 Å². The lowest BCUT2D eigenvalue weighted by Crippen LogP contribution is -2.28. The highest BCUT2D eigenvalue weighted by molar-refractivity contribution is 6.07. The van der Waals surface area contributed by atoms with Gasteiger partial charge in [-0.25, -0.2) is 0 Å². The first-order chi connectivity index (χ1) is 12.7. The van der Waals surface area contributed by atoms with Crippen LogP contribution in [-0.2, 0) is 4.79 Å². The normalized spacial score (nSPS) is 18.5. The van der Waals surface area contributed by atoms with E-state index < -0.39 is 0 Å². The number of nitrogens with zero attached hydrogens (tertiary/aromatic N) is 1. The van der Waals surface area contributed by atoms with Crippen LogP contribution in [0.4, 0.5) is 0 Å². The second-order valence-corrected chi connectivity index (χ2v) is 6.46. The van der Waals surface area contributed by atoms with Gasteiger partial charge in [-0.3, -0.25) is 9.59 Å². The van der Waals surface area contributed by atoms with Crippen molar-refractivity contribution >= 4 is 23.8 Å². The standard InChI is InChI=1S/C22H19NO3/c1-26-17-7-4-5-15(13-17)9-10-21(24)23-12-11-19-20(23)14-16-6-2-3-8-18(16)22(19)25/h2-10,13-14,19H,11-12H2,1H3/b10-9+. The molecular formula is C22H19NO3. The minimum atomic E-state index is -0.209. The summed E-state index contributed by atoms with van der Waals surface area (Å²) in [6.45, 7) is 0.567. The number of ether oxygens (including phenoxy) is 1. The van der Waals surface area contributed by atoms with Gasteiger partial charge >= 0.3 is 0 Å². The molecule has 1 amide bonds. The molecule has 1 aliphatic carbocycles. The number of carbonyl (C=O) groups excluding carboxylic acids is 2. The van der Waals surface area contributed by atoms with E-state index in [9.17, 15) is 9.59 Å². The SMILES string of the molecule is COc1cccc(/C=C/C(=O)N2CCC3C(=O)c4ccccc4C=C32)c1. The van der Waals surface area contributed by atoms with Crippen molar-refractivity contribution in [2.45, 2.75) is 6.42 Å². The van der Waals surface area contributed by atoms with Gasteiger partial charge in [-0.1, -0.05) is 36.4 Å². The minimum Gasteiger partial charge on any atom is -0.497 e. The van der Waals surface area contributed by atoms with Gasteiger partial charge in [0.2, 0.25) is 0 Å². The molecule has 4 nitrogen and oxygen atoms in total. The number of fused-ring (bicyclic) bond motifs is 2. The van der Waals surface area contributed by atoms with Crippen LogP contribution < -0.4 is 4.74 Å². The quantitative estimate of drug-likeness (QED) is 0.795. The second kappa shape index (κ2) is 6.64. The lowest BCUT2D eigenvalue weighted by atomic mass is 9.86. The van der Waals surface area contributed by atoms with Gasteiger partial charge in [-0.2, -0.15) is 0 Å². The molecule has 2 aromatic carbocycles. The summed E-state index contributed by atoms with van der Waals surface area (Å²) in [6, 6.07) is 15.1. The molecule has 0 N–H and O–H groups in total. The molecule has 0 radical (unpaired) electrons. The Hall–Kier alpha value is -3.14. The summed E-state index contributed by atoms with van der Waals surface area (Å²) in [4.78, 5) is 27.1. The summed E-state index contributed by atoms with van der Waals surface area (Å²) in [6.07, 6.45) is 5.99. The van der Waals surface area contributed by atoms with Crippen LogP contribution in [0.25, 0.3) is 12.2 Å². The molecule has 1 atom stereocenters. The maximum absolute atomic E-state index is 12.7. The number of rotatable bonds is 3. The molecule has 0 saturated carbocycles. The summed E-state index contributed by atoms with van der Waals surface area (Å²) < 4.78 is 5.20. The lowest BCUT2D eigenvalue weighted by Gasteiger charge is -2.23. The maximum Gasteiger partial charge on any atom is 0.250 e. The van der Waals surface area contributed by atoms with Crippen LogP contribution in [0.15, 0.2) is 60.3 Å². The predicted octanol–water partition coefficient (Wildman–Crippen LogP) is 3.79. The number of amides is 1. The Kier molecular flexibility index (Phi) is 4.17. The second-order valence-electron chi connectivity index (χ2n) is 6.46. The number of Topliss-reactive ketones (excluding diaryl/α,β-unsaturated/α-hetero) is 1. The molecule has 1 aliphatic heterocycles. The number of hydrogen-bond acceptors (Lipinski definition) is 3. The molecule has 4 rings (SSSR count). The topological polar surface area (TPSA) is 46.6 Å². The van der Waals surface area contributed by atoms with Gasteiger partial charge in [0.25, 0.3) is 5.91 Å². The highest BCUT2D eigenvalue weighted by atomic mass is 16.5. The van der Waals surface area contributed by atoms with Crippen LogP contribution in [0, 0.1) is 5.92 Å². The molecule has 1 unspecified atom stereocenters. The third-order valence-corrected chi connectivity index (χ3v) is 4.93. The summed E-state index contributed by atoms with van der Waals surface area (Å²) in [5, 5.41) is 0. The molecule has 4 heteroatoms. The van der Waals surface area contributed by atoms with E-state index >= 15 is 0 Å². The molecular weight excluding hydrogens is 326 g/mol. The van der Waals surface area contributed by atoms with Crippen LogP contribution in [0.2, 0.25) is 0 Å². The number of ketones is 1. The number of benzene rings is 2. The van der Waals surface area contributed by atoms with Gasteiger partial charge in [0, 0.05) is 23.9 Å². The number of methoxy groups -OCH3 is 1. The molecule has 1 heterocycles. The van der Waals surface area contributed by atoms with Crippen molar-refractivity contribution in [1.29, 1.82) is 0 Å². The van der Waals surface area contributed by atoms with E-state index in [1.807, 2.05) is 54.6 Å². The van der Waals surface area contributed by atoms with Gasteiger partial charge in [0.1, 0.15) is 5.75 Å². The molecule has 130 valence electrons. The summed E-state index contributed by atoms with van der Waals surface area (Å²) in [5.41, 5.74) is 3.35. The first kappa shape index (κ1) is 16.3. The Morgan fingerprint density at radius 3 is 2.88 bits per heavy atom. The summed E-state index contributed by atoms with van der Waals surface area (Å²) in [7, 11) is 1.61. The van der Waals surface area contributed by atoms with Crippen LogP contribution >= 0.6 is 0 Å². The highest BCUT2D eigenvalue weighted by Crippen LogP contribution is 2.37. The van der Waals surface area contributed by atoms with Crippen molar-refractivity contribution < 1.29 is 14.3 Å². The van der Waals surface area contributed by atoms with Crippen LogP contribution in [0.1, 0.15) is 27.9 Å². The zero-order valence-electron chi connectivity index (χ0n) is 14.5. The largest absolute Gasteiger partial charge is 0.497 e. The average Bonchev–Trinajstić information content (AvgIpc) is 3.11. The van der Waals surface area contributed by atoms with Gasteiger partial charge in [0.15, 0.2) is 5.78 Å². The number of carbonyl (C=O) groups is 2. The molecule has 26 heavy (non-hydrogen) atoms. The van der Waals surface area contributed by atoms with E-state index in [0.29, 0.717) is 13.0 Å². The summed E-state index contributed by atoms with van der Waals surface area (Å²) >= 11 is 0. The predicted molar refractivity (Wildman–Crippen MR) is 101 cm³/mol. The van der Waals surface area contributed by atoms with Crippen molar-refractivity contribution in [1.82, 2.24) is 4.90 Å². The Morgan fingerprint density at radius 1 is 1.19 bits per heavy atom. The van der Waals surface area contributed by atoms with Crippen LogP contribution in [0.3, 0.4) is 0 Å². The van der Waals surface area contributed by atoms with E-state index in [-0.39, 0.29) is 17.6 Å². The zero-order valence-corrected chi connectivity index (χ0v) is 14.5. The molecule has 1 saturated heterocycles. The molecule has 1 fully saturated rings. The smallest absolute Gasteiger partial charge is 0.250 e. The fourth-order valence-electron chi connectivity index (χ4n) is 3.60. The van der Waals surface area contributed by atoms with Gasteiger partial charge in [-0.15, -0.1) is 0 Å². The highest BCUT2D eigenvalue weighted by Gasteiger charge is 2.38. The number of likely N-dealkylation sites (tertiary alicyclic amines) is 1. The van der Waals surface area contributed by atoms with Crippen molar-refractivity contribution in [3.8, 4) is 5.75 Å². The average molecular weight is 345 g/mol. The van der Waals surface area contributed by atoms with Crippen LogP contribution in [0.5, 0.6) is 5.75 Å². The fourth-order valence-corrected chi connectivity index (χ4v) is 3.60. The number of hydrogen-bond donors (Lipinski definition) is 0. The van der Waals surface area contributed by atoms with Gasteiger partial charge in [-0.05, 0) is 41.8 Å². The third kappa shape index (κ3) is 2.84. The maximum atomic E-state index is 12.7. The van der Waals surface area contributed by atoms with E-state index in [1.54, 1.807) is 24.2 Å². The van der Waals surface area contributed by atoms with Crippen molar-refractivity contribution in [2.24, 2.45) is 5.92 Å². The molecule has 0 spiro atoms. The fraction of sp³-hybridized carbons (Fsp3) is 0.182. The Morgan fingerprint density at radius 2 is 2.04 bits per heavy atom. The van der Waals surface area contributed by atoms with Gasteiger partial charge in [0.05, 0.1) is 13.0 Å². The Labute approximate surface area is 152 Å². The monoisotopic (exact) mass is 345 g/mol.